The molecule has 0 unspecified atom stereocenters. The molecule has 1 heterocycles. The Labute approximate surface area is 167 Å². The topological polar surface area (TPSA) is 34.0 Å². The lowest BCUT2D eigenvalue weighted by Crippen LogP contribution is -2.36. The van der Waals surface area contributed by atoms with Crippen molar-refractivity contribution in [2.75, 3.05) is 0 Å². The van der Waals surface area contributed by atoms with Gasteiger partial charge in [-0.05, 0) is 37.0 Å². The van der Waals surface area contributed by atoms with Gasteiger partial charge in [0.25, 0.3) is 0 Å². The standard InChI is InChI=1S/C25H30N2O/c1-18-12-14-19(15-13-18)22(16-25(28)26-20-8-4-3-5-9-20)23-17-27(2)24-11-7-6-10-21(23)24/h6-7,10-15,17,20,22H,3-5,8-9,16H2,1-2H3,(H,26,28)/t22-/m0/s1. The smallest absolute Gasteiger partial charge is 0.221 e. The molecule has 1 amide bonds. The summed E-state index contributed by atoms with van der Waals surface area (Å²) in [5.74, 6) is 0.237. The lowest BCUT2D eigenvalue weighted by molar-refractivity contribution is -0.122. The van der Waals surface area contributed by atoms with Crippen molar-refractivity contribution >= 4 is 16.8 Å². The van der Waals surface area contributed by atoms with E-state index < -0.39 is 0 Å². The summed E-state index contributed by atoms with van der Waals surface area (Å²) in [4.78, 5) is 13.0. The molecule has 0 radical (unpaired) electrons. The minimum atomic E-state index is 0.0651. The lowest BCUT2D eigenvalue weighted by Gasteiger charge is -2.24. The molecule has 1 aromatic heterocycles. The van der Waals surface area contributed by atoms with E-state index in [9.17, 15) is 4.79 Å². The zero-order valence-corrected chi connectivity index (χ0v) is 16.9. The third-order valence-electron chi connectivity index (χ3n) is 6.14. The predicted molar refractivity (Wildman–Crippen MR) is 116 cm³/mol. The second-order valence-corrected chi connectivity index (χ2v) is 8.28. The molecular formula is C25H30N2O. The van der Waals surface area contributed by atoms with Crippen molar-refractivity contribution in [1.82, 2.24) is 9.88 Å². The Morgan fingerprint density at radius 2 is 1.79 bits per heavy atom. The molecule has 1 aliphatic rings. The van der Waals surface area contributed by atoms with E-state index in [0.29, 0.717) is 12.5 Å². The number of carbonyl (C=O) groups is 1. The summed E-state index contributed by atoms with van der Waals surface area (Å²) in [5.41, 5.74) is 4.90. The van der Waals surface area contributed by atoms with Crippen LogP contribution in [0.2, 0.25) is 0 Å². The molecule has 0 saturated heterocycles. The average molecular weight is 375 g/mol. The van der Waals surface area contributed by atoms with Crippen LogP contribution in [0.3, 0.4) is 0 Å². The summed E-state index contributed by atoms with van der Waals surface area (Å²) in [6, 6.07) is 17.5. The number of aryl methyl sites for hydroxylation is 2. The van der Waals surface area contributed by atoms with E-state index >= 15 is 0 Å². The Bertz CT molecular complexity index is 948. The van der Waals surface area contributed by atoms with Gasteiger partial charge in [0, 0.05) is 42.5 Å². The summed E-state index contributed by atoms with van der Waals surface area (Å²) in [7, 11) is 2.08. The molecule has 146 valence electrons. The highest BCUT2D eigenvalue weighted by Crippen LogP contribution is 2.34. The molecule has 0 aliphatic heterocycles. The van der Waals surface area contributed by atoms with E-state index in [4.69, 9.17) is 0 Å². The molecule has 1 atom stereocenters. The largest absolute Gasteiger partial charge is 0.353 e. The van der Waals surface area contributed by atoms with Gasteiger partial charge in [-0.3, -0.25) is 4.79 Å². The minimum absolute atomic E-state index is 0.0651. The van der Waals surface area contributed by atoms with Gasteiger partial charge in [0.1, 0.15) is 0 Å². The second-order valence-electron chi connectivity index (χ2n) is 8.28. The number of hydrogen-bond acceptors (Lipinski definition) is 1. The first-order valence-corrected chi connectivity index (χ1v) is 10.5. The molecular weight excluding hydrogens is 344 g/mol. The molecule has 1 saturated carbocycles. The van der Waals surface area contributed by atoms with Crippen molar-refractivity contribution in [2.45, 2.75) is 57.4 Å². The fraction of sp³-hybridized carbons (Fsp3) is 0.400. The van der Waals surface area contributed by atoms with Gasteiger partial charge in [-0.15, -0.1) is 0 Å². The fourth-order valence-electron chi connectivity index (χ4n) is 4.58. The van der Waals surface area contributed by atoms with Crippen molar-refractivity contribution < 1.29 is 4.79 Å². The Morgan fingerprint density at radius 3 is 2.54 bits per heavy atom. The Kier molecular flexibility index (Phi) is 5.52. The molecule has 4 rings (SSSR count). The molecule has 3 nitrogen and oxygen atoms in total. The molecule has 0 bridgehead atoms. The number of hydrogen-bond donors (Lipinski definition) is 1. The molecule has 2 aromatic carbocycles. The first-order chi connectivity index (χ1) is 13.6. The zero-order valence-electron chi connectivity index (χ0n) is 16.9. The normalized spacial score (nSPS) is 16.2. The van der Waals surface area contributed by atoms with E-state index in [1.807, 2.05) is 0 Å². The number of carbonyl (C=O) groups excluding carboxylic acids is 1. The van der Waals surface area contributed by atoms with Gasteiger partial charge in [0.15, 0.2) is 0 Å². The number of rotatable bonds is 5. The van der Waals surface area contributed by atoms with Crippen LogP contribution in [0.1, 0.15) is 61.1 Å². The summed E-state index contributed by atoms with van der Waals surface area (Å²) in [5, 5.41) is 4.55. The maximum atomic E-state index is 13.0. The first kappa shape index (κ1) is 18.8. The summed E-state index contributed by atoms with van der Waals surface area (Å²) in [6.07, 6.45) is 8.70. The quantitative estimate of drug-likeness (QED) is 0.632. The molecule has 1 aliphatic carbocycles. The Balaban J connectivity index is 1.65. The van der Waals surface area contributed by atoms with Gasteiger partial charge in [-0.1, -0.05) is 67.3 Å². The van der Waals surface area contributed by atoms with Crippen LogP contribution in [0.15, 0.2) is 54.7 Å². The Morgan fingerprint density at radius 1 is 1.07 bits per heavy atom. The van der Waals surface area contributed by atoms with Crippen LogP contribution in [-0.4, -0.2) is 16.5 Å². The van der Waals surface area contributed by atoms with Crippen LogP contribution in [0.4, 0.5) is 0 Å². The van der Waals surface area contributed by atoms with Crippen molar-refractivity contribution in [3.63, 3.8) is 0 Å². The SMILES string of the molecule is Cc1ccc([C@H](CC(=O)NC2CCCCC2)c2cn(C)c3ccccc23)cc1. The lowest BCUT2D eigenvalue weighted by atomic mass is 9.87. The number of nitrogens with zero attached hydrogens (tertiary/aromatic N) is 1. The number of nitrogens with one attached hydrogen (secondary N) is 1. The monoisotopic (exact) mass is 374 g/mol. The highest BCUT2D eigenvalue weighted by atomic mass is 16.1. The fourth-order valence-corrected chi connectivity index (χ4v) is 4.58. The predicted octanol–water partition coefficient (Wildman–Crippen LogP) is 5.46. The minimum Gasteiger partial charge on any atom is -0.353 e. The third kappa shape index (κ3) is 3.99. The van der Waals surface area contributed by atoms with Crippen LogP contribution in [0, 0.1) is 6.92 Å². The van der Waals surface area contributed by atoms with Crippen LogP contribution >= 0.6 is 0 Å². The first-order valence-electron chi connectivity index (χ1n) is 10.5. The van der Waals surface area contributed by atoms with Gasteiger partial charge < -0.3 is 9.88 Å². The maximum absolute atomic E-state index is 13.0. The zero-order chi connectivity index (χ0) is 19.5. The number of aromatic nitrogens is 1. The molecule has 28 heavy (non-hydrogen) atoms. The number of amides is 1. The van der Waals surface area contributed by atoms with Gasteiger partial charge >= 0.3 is 0 Å². The van der Waals surface area contributed by atoms with E-state index in [-0.39, 0.29) is 11.8 Å². The third-order valence-corrected chi connectivity index (χ3v) is 6.14. The van der Waals surface area contributed by atoms with Crippen LogP contribution < -0.4 is 5.32 Å². The van der Waals surface area contributed by atoms with Crippen molar-refractivity contribution in [2.24, 2.45) is 7.05 Å². The molecule has 0 spiro atoms. The Hall–Kier alpha value is -2.55. The van der Waals surface area contributed by atoms with Crippen molar-refractivity contribution in [3.8, 4) is 0 Å². The van der Waals surface area contributed by atoms with E-state index in [2.05, 4.69) is 78.6 Å². The summed E-state index contributed by atoms with van der Waals surface area (Å²) in [6.45, 7) is 2.10. The van der Waals surface area contributed by atoms with E-state index in [1.165, 1.54) is 46.9 Å². The molecule has 3 heteroatoms. The van der Waals surface area contributed by atoms with E-state index in [1.54, 1.807) is 0 Å². The van der Waals surface area contributed by atoms with Crippen molar-refractivity contribution in [1.29, 1.82) is 0 Å². The summed E-state index contributed by atoms with van der Waals surface area (Å²) < 4.78 is 2.17. The van der Waals surface area contributed by atoms with Gasteiger partial charge in [-0.2, -0.15) is 0 Å². The van der Waals surface area contributed by atoms with Crippen LogP contribution in [-0.2, 0) is 11.8 Å². The molecule has 1 N–H and O–H groups in total. The highest BCUT2D eigenvalue weighted by Gasteiger charge is 2.24. The van der Waals surface area contributed by atoms with Crippen LogP contribution in [0.25, 0.3) is 10.9 Å². The number of benzene rings is 2. The van der Waals surface area contributed by atoms with Crippen LogP contribution in [0.5, 0.6) is 0 Å². The number of para-hydroxylation sites is 1. The molecule has 1 fully saturated rings. The highest BCUT2D eigenvalue weighted by molar-refractivity contribution is 5.86. The van der Waals surface area contributed by atoms with Gasteiger partial charge in [-0.25, -0.2) is 0 Å². The summed E-state index contributed by atoms with van der Waals surface area (Å²) >= 11 is 0. The maximum Gasteiger partial charge on any atom is 0.221 e. The van der Waals surface area contributed by atoms with Crippen molar-refractivity contribution in [3.05, 3.63) is 71.4 Å². The van der Waals surface area contributed by atoms with E-state index in [0.717, 1.165) is 12.8 Å². The van der Waals surface area contributed by atoms with Gasteiger partial charge in [0.05, 0.1) is 0 Å². The molecule has 3 aromatic rings. The average Bonchev–Trinajstić information content (AvgIpc) is 3.04. The van der Waals surface area contributed by atoms with Gasteiger partial charge in [0.2, 0.25) is 5.91 Å². The number of fused-ring (bicyclic) bond motifs is 1. The second kappa shape index (κ2) is 8.22.